The summed E-state index contributed by atoms with van der Waals surface area (Å²) in [5.41, 5.74) is 1.21. The van der Waals surface area contributed by atoms with Crippen LogP contribution in [0.15, 0.2) is 77.8 Å². The topological polar surface area (TPSA) is 74.6 Å². The summed E-state index contributed by atoms with van der Waals surface area (Å²) in [6.07, 6.45) is 3.02. The minimum atomic E-state index is -3.96. The lowest BCUT2D eigenvalue weighted by Crippen LogP contribution is -2.12. The number of hydrogen-bond acceptors (Lipinski definition) is 5. The Bertz CT molecular complexity index is 1380. The molecule has 0 radical (unpaired) electrons. The number of carbonyl (C=O) groups excluding carboxylic acids is 1. The molecule has 6 nitrogen and oxygen atoms in total. The average molecular weight is 453 g/mol. The molecule has 0 spiro atoms. The molecule has 0 aliphatic carbocycles. The molecule has 1 aromatic heterocycles. The van der Waals surface area contributed by atoms with Crippen molar-refractivity contribution in [2.75, 3.05) is 7.11 Å². The van der Waals surface area contributed by atoms with Gasteiger partial charge in [-0.2, -0.15) is 0 Å². The van der Waals surface area contributed by atoms with Crippen molar-refractivity contribution in [3.05, 3.63) is 84.3 Å². The van der Waals surface area contributed by atoms with Gasteiger partial charge in [0.25, 0.3) is 10.0 Å². The monoisotopic (exact) mass is 453 g/mol. The summed E-state index contributed by atoms with van der Waals surface area (Å²) in [6.45, 7) is 0. The molecule has 0 bridgehead atoms. The summed E-state index contributed by atoms with van der Waals surface area (Å²) in [4.78, 5) is 10.9. The van der Waals surface area contributed by atoms with Gasteiger partial charge < -0.3 is 14.3 Å². The van der Waals surface area contributed by atoms with Gasteiger partial charge >= 0.3 is 0 Å². The van der Waals surface area contributed by atoms with Crippen LogP contribution in [0.25, 0.3) is 10.9 Å². The van der Waals surface area contributed by atoms with E-state index < -0.39 is 15.8 Å². The normalized spacial score (nSPS) is 11.4. The van der Waals surface area contributed by atoms with Crippen LogP contribution in [0.5, 0.6) is 17.2 Å². The van der Waals surface area contributed by atoms with E-state index >= 15 is 0 Å². The number of aldehydes is 1. The molecule has 0 atom stereocenters. The van der Waals surface area contributed by atoms with Crippen LogP contribution >= 0.6 is 0 Å². The second-order valence-electron chi connectivity index (χ2n) is 7.07. The molecule has 0 aliphatic rings. The van der Waals surface area contributed by atoms with Gasteiger partial charge in [-0.05, 0) is 66.6 Å². The van der Waals surface area contributed by atoms with E-state index in [0.717, 1.165) is 11.8 Å². The van der Waals surface area contributed by atoms with Crippen LogP contribution in [-0.4, -0.2) is 25.8 Å². The minimum absolute atomic E-state index is 0.0340. The maximum absolute atomic E-state index is 13.5. The number of benzene rings is 3. The third-order valence-electron chi connectivity index (χ3n) is 5.00. The maximum atomic E-state index is 13.5. The van der Waals surface area contributed by atoms with Gasteiger partial charge in [-0.1, -0.05) is 6.07 Å². The molecule has 0 saturated carbocycles. The highest BCUT2D eigenvalue weighted by Gasteiger charge is 2.22. The van der Waals surface area contributed by atoms with Crippen LogP contribution in [0, 0.1) is 5.82 Å². The molecule has 0 amide bonds. The molecule has 0 saturated heterocycles. The Morgan fingerprint density at radius 2 is 1.72 bits per heavy atom. The van der Waals surface area contributed by atoms with E-state index in [1.54, 1.807) is 30.3 Å². The van der Waals surface area contributed by atoms with Crippen molar-refractivity contribution in [3.8, 4) is 17.2 Å². The Morgan fingerprint density at radius 3 is 2.44 bits per heavy atom. The summed E-state index contributed by atoms with van der Waals surface area (Å²) in [6, 6.07) is 16.7. The van der Waals surface area contributed by atoms with E-state index in [4.69, 9.17) is 9.47 Å². The van der Waals surface area contributed by atoms with Gasteiger partial charge in [-0.15, -0.1) is 0 Å². The van der Waals surface area contributed by atoms with Crippen molar-refractivity contribution in [3.63, 3.8) is 0 Å². The number of aromatic nitrogens is 1. The summed E-state index contributed by atoms with van der Waals surface area (Å²) in [5.74, 6) is 0.887. The van der Waals surface area contributed by atoms with E-state index in [-0.39, 0.29) is 11.3 Å². The van der Waals surface area contributed by atoms with Gasteiger partial charge in [0.05, 0.1) is 17.5 Å². The van der Waals surface area contributed by atoms with E-state index in [0.29, 0.717) is 34.6 Å². The zero-order valence-electron chi connectivity index (χ0n) is 17.2. The van der Waals surface area contributed by atoms with Crippen LogP contribution in [0.2, 0.25) is 0 Å². The fraction of sp³-hybridized carbons (Fsp3) is 0.125. The Hall–Kier alpha value is -3.65. The lowest BCUT2D eigenvalue weighted by molar-refractivity contribution is -0.107. The molecule has 0 N–H and O–H groups in total. The van der Waals surface area contributed by atoms with Crippen molar-refractivity contribution >= 4 is 27.2 Å². The number of nitrogens with zero attached hydrogens (tertiary/aromatic N) is 1. The second kappa shape index (κ2) is 8.84. The first-order valence-electron chi connectivity index (χ1n) is 9.83. The zero-order chi connectivity index (χ0) is 22.7. The first kappa shape index (κ1) is 21.6. The Morgan fingerprint density at radius 1 is 0.969 bits per heavy atom. The van der Waals surface area contributed by atoms with Gasteiger partial charge in [-0.3, -0.25) is 0 Å². The van der Waals surface area contributed by atoms with Crippen molar-refractivity contribution < 1.29 is 27.1 Å². The van der Waals surface area contributed by atoms with E-state index in [2.05, 4.69) is 0 Å². The Labute approximate surface area is 184 Å². The fourth-order valence-electron chi connectivity index (χ4n) is 3.44. The van der Waals surface area contributed by atoms with Crippen LogP contribution in [-0.2, 0) is 21.2 Å². The molecular weight excluding hydrogens is 433 g/mol. The van der Waals surface area contributed by atoms with Crippen LogP contribution in [0.4, 0.5) is 4.39 Å². The largest absolute Gasteiger partial charge is 0.497 e. The third kappa shape index (κ3) is 4.22. The molecule has 32 heavy (non-hydrogen) atoms. The van der Waals surface area contributed by atoms with Crippen LogP contribution in [0.3, 0.4) is 0 Å². The summed E-state index contributed by atoms with van der Waals surface area (Å²) >= 11 is 0. The van der Waals surface area contributed by atoms with Crippen LogP contribution < -0.4 is 9.47 Å². The number of ether oxygens (including phenoxy) is 2. The first-order chi connectivity index (χ1) is 15.4. The molecule has 8 heteroatoms. The van der Waals surface area contributed by atoms with E-state index in [1.807, 2.05) is 0 Å². The van der Waals surface area contributed by atoms with Crippen molar-refractivity contribution in [1.82, 2.24) is 3.97 Å². The fourth-order valence-corrected chi connectivity index (χ4v) is 4.86. The molecule has 164 valence electrons. The predicted molar refractivity (Wildman–Crippen MR) is 118 cm³/mol. The lowest BCUT2D eigenvalue weighted by atomic mass is 10.1. The second-order valence-corrected chi connectivity index (χ2v) is 8.89. The Balaban J connectivity index is 1.76. The van der Waals surface area contributed by atoms with Crippen LogP contribution in [0.1, 0.15) is 12.0 Å². The third-order valence-corrected chi connectivity index (χ3v) is 6.67. The summed E-state index contributed by atoms with van der Waals surface area (Å²) in [7, 11) is -2.43. The molecule has 1 heterocycles. The molecule has 3 aromatic carbocycles. The number of carbonyl (C=O) groups is 1. The van der Waals surface area contributed by atoms with Crippen molar-refractivity contribution in [2.45, 2.75) is 17.7 Å². The highest BCUT2D eigenvalue weighted by Crippen LogP contribution is 2.31. The first-order valence-corrected chi connectivity index (χ1v) is 11.3. The number of rotatable bonds is 8. The van der Waals surface area contributed by atoms with Gasteiger partial charge in [-0.25, -0.2) is 16.8 Å². The van der Waals surface area contributed by atoms with Crippen molar-refractivity contribution in [2.24, 2.45) is 0 Å². The number of fused-ring (bicyclic) bond motifs is 1. The molecule has 4 aromatic rings. The predicted octanol–water partition coefficient (Wildman–Crippen LogP) is 4.95. The summed E-state index contributed by atoms with van der Waals surface area (Å²) < 4.78 is 52.3. The summed E-state index contributed by atoms with van der Waals surface area (Å²) in [5, 5.41) is 0.702. The van der Waals surface area contributed by atoms with E-state index in [9.17, 15) is 17.6 Å². The smallest absolute Gasteiger partial charge is 0.268 e. The molecule has 0 aliphatic heterocycles. The maximum Gasteiger partial charge on any atom is 0.268 e. The zero-order valence-corrected chi connectivity index (χ0v) is 18.0. The van der Waals surface area contributed by atoms with E-state index in [1.165, 1.54) is 53.7 Å². The number of halogens is 1. The molecule has 0 fully saturated rings. The lowest BCUT2D eigenvalue weighted by Gasteiger charge is -2.10. The highest BCUT2D eigenvalue weighted by molar-refractivity contribution is 7.90. The quantitative estimate of drug-likeness (QED) is 0.353. The van der Waals surface area contributed by atoms with Gasteiger partial charge in [0.2, 0.25) is 0 Å². The molecular formula is C24H20FNO5S. The number of aryl methyl sites for hydroxylation is 1. The minimum Gasteiger partial charge on any atom is -0.497 e. The van der Waals surface area contributed by atoms with Gasteiger partial charge in [0.1, 0.15) is 29.4 Å². The van der Waals surface area contributed by atoms with Gasteiger partial charge in [0, 0.05) is 24.1 Å². The molecule has 0 unspecified atom stereocenters. The number of methoxy groups -OCH3 is 1. The molecule has 4 rings (SSSR count). The van der Waals surface area contributed by atoms with Crippen molar-refractivity contribution in [1.29, 1.82) is 0 Å². The standard InChI is InChI=1S/C24H20FNO5S/c1-30-20-11-12-24-23(15-20)17(4-3-13-27)16-26(24)32(28,29)22-6-2-5-21(14-22)31-19-9-7-18(25)8-10-19/h2,5-16H,3-4H2,1H3. The highest BCUT2D eigenvalue weighted by atomic mass is 32.2. The number of hydrogen-bond donors (Lipinski definition) is 0. The Kier molecular flexibility index (Phi) is 5.96. The van der Waals surface area contributed by atoms with Gasteiger partial charge in [0.15, 0.2) is 0 Å². The SMILES string of the molecule is COc1ccc2c(c1)c(CCC=O)cn2S(=O)(=O)c1cccc(Oc2ccc(F)cc2)c1. The average Bonchev–Trinajstić information content (AvgIpc) is 3.18.